The molecule has 6 nitrogen and oxygen atoms in total. The normalized spacial score (nSPS) is 17.0. The lowest BCUT2D eigenvalue weighted by atomic mass is 10.0. The van der Waals surface area contributed by atoms with E-state index in [4.69, 9.17) is 9.47 Å². The predicted octanol–water partition coefficient (Wildman–Crippen LogP) is 2.33. The van der Waals surface area contributed by atoms with Crippen molar-refractivity contribution in [1.29, 1.82) is 0 Å². The highest BCUT2D eigenvalue weighted by Crippen LogP contribution is 2.32. The zero-order chi connectivity index (χ0) is 16.9. The smallest absolute Gasteiger partial charge is 0.251 e. The van der Waals surface area contributed by atoms with E-state index in [0.29, 0.717) is 36.6 Å². The van der Waals surface area contributed by atoms with E-state index in [0.717, 1.165) is 25.7 Å². The summed E-state index contributed by atoms with van der Waals surface area (Å²) in [7, 11) is 0. The van der Waals surface area contributed by atoms with Crippen LogP contribution in [0.2, 0.25) is 0 Å². The number of nitrogens with zero attached hydrogens (tertiary/aromatic N) is 1. The van der Waals surface area contributed by atoms with Gasteiger partial charge in [0.25, 0.3) is 5.91 Å². The molecule has 0 atom stereocenters. The maximum Gasteiger partial charge on any atom is 0.251 e. The minimum Gasteiger partial charge on any atom is -0.454 e. The van der Waals surface area contributed by atoms with Gasteiger partial charge in [0.15, 0.2) is 11.5 Å². The van der Waals surface area contributed by atoms with Crippen molar-refractivity contribution >= 4 is 11.8 Å². The molecule has 0 spiro atoms. The number of benzene rings is 1. The van der Waals surface area contributed by atoms with Crippen molar-refractivity contribution in [2.45, 2.75) is 45.1 Å². The molecule has 24 heavy (non-hydrogen) atoms. The summed E-state index contributed by atoms with van der Waals surface area (Å²) in [6, 6.07) is 5.32. The van der Waals surface area contributed by atoms with Crippen LogP contribution in [0.3, 0.4) is 0 Å². The molecule has 0 aliphatic carbocycles. The minimum absolute atomic E-state index is 0.107. The van der Waals surface area contributed by atoms with Crippen molar-refractivity contribution in [3.8, 4) is 11.5 Å². The second-order valence-corrected chi connectivity index (χ2v) is 6.30. The van der Waals surface area contributed by atoms with Crippen molar-refractivity contribution in [3.05, 3.63) is 23.8 Å². The summed E-state index contributed by atoms with van der Waals surface area (Å²) >= 11 is 0. The van der Waals surface area contributed by atoms with Crippen LogP contribution in [0.5, 0.6) is 11.5 Å². The molecule has 1 N–H and O–H groups in total. The fourth-order valence-corrected chi connectivity index (χ4v) is 3.07. The van der Waals surface area contributed by atoms with Crippen LogP contribution in [0.1, 0.15) is 49.4 Å². The monoisotopic (exact) mass is 332 g/mol. The molecule has 1 fully saturated rings. The highest BCUT2D eigenvalue weighted by atomic mass is 16.7. The highest BCUT2D eigenvalue weighted by Gasteiger charge is 2.24. The van der Waals surface area contributed by atoms with Gasteiger partial charge in [-0.15, -0.1) is 0 Å². The number of ether oxygens (including phenoxy) is 2. The first-order valence-corrected chi connectivity index (χ1v) is 8.65. The molecule has 0 aromatic heterocycles. The van der Waals surface area contributed by atoms with E-state index in [1.807, 2.05) is 4.90 Å². The summed E-state index contributed by atoms with van der Waals surface area (Å²) in [6.45, 7) is 3.72. The average molecular weight is 332 g/mol. The summed E-state index contributed by atoms with van der Waals surface area (Å²) in [4.78, 5) is 26.3. The van der Waals surface area contributed by atoms with Gasteiger partial charge in [-0.1, -0.05) is 13.3 Å². The van der Waals surface area contributed by atoms with E-state index in [-0.39, 0.29) is 24.6 Å². The van der Waals surface area contributed by atoms with Crippen molar-refractivity contribution in [1.82, 2.24) is 10.2 Å². The molecule has 1 aromatic rings. The number of carbonyl (C=O) groups excluding carboxylic acids is 2. The summed E-state index contributed by atoms with van der Waals surface area (Å²) in [5, 5.41) is 3.06. The van der Waals surface area contributed by atoms with Crippen LogP contribution < -0.4 is 14.8 Å². The number of hydrogen-bond acceptors (Lipinski definition) is 4. The summed E-state index contributed by atoms with van der Waals surface area (Å²) in [5.74, 6) is 1.41. The molecular weight excluding hydrogens is 308 g/mol. The maximum atomic E-state index is 12.4. The Morgan fingerprint density at radius 2 is 1.96 bits per heavy atom. The second kappa shape index (κ2) is 7.55. The number of hydrogen-bond donors (Lipinski definition) is 1. The minimum atomic E-state index is -0.107. The number of piperidine rings is 1. The SMILES string of the molecule is CCCCC(=O)N1CCC(NC(=O)c2ccc3c(c2)OCO3)CC1. The highest BCUT2D eigenvalue weighted by molar-refractivity contribution is 5.95. The summed E-state index contributed by atoms with van der Waals surface area (Å²) < 4.78 is 10.6. The first-order valence-electron chi connectivity index (χ1n) is 8.65. The van der Waals surface area contributed by atoms with Crippen LogP contribution in [-0.2, 0) is 4.79 Å². The molecule has 0 unspecified atom stereocenters. The van der Waals surface area contributed by atoms with E-state index in [1.165, 1.54) is 0 Å². The molecule has 2 amide bonds. The van der Waals surface area contributed by atoms with Gasteiger partial charge in [-0.05, 0) is 37.5 Å². The Hall–Kier alpha value is -2.24. The molecule has 0 radical (unpaired) electrons. The zero-order valence-electron chi connectivity index (χ0n) is 14.0. The Kier molecular flexibility index (Phi) is 5.23. The molecule has 0 saturated carbocycles. The zero-order valence-corrected chi connectivity index (χ0v) is 14.0. The molecule has 2 aliphatic heterocycles. The number of carbonyl (C=O) groups is 2. The fraction of sp³-hybridized carbons (Fsp3) is 0.556. The number of amides is 2. The topological polar surface area (TPSA) is 67.9 Å². The molecule has 2 heterocycles. The van der Waals surface area contributed by atoms with Gasteiger partial charge in [-0.3, -0.25) is 9.59 Å². The number of unbranched alkanes of at least 4 members (excludes halogenated alkanes) is 1. The van der Waals surface area contributed by atoms with E-state index in [1.54, 1.807) is 18.2 Å². The summed E-state index contributed by atoms with van der Waals surface area (Å²) in [5.41, 5.74) is 0.570. The van der Waals surface area contributed by atoms with Crippen LogP contribution in [0.15, 0.2) is 18.2 Å². The van der Waals surface area contributed by atoms with Gasteiger partial charge in [0.05, 0.1) is 0 Å². The van der Waals surface area contributed by atoms with Crippen molar-refractivity contribution in [2.75, 3.05) is 19.9 Å². The Balaban J connectivity index is 1.49. The molecule has 1 aromatic carbocycles. The van der Waals surface area contributed by atoms with E-state index >= 15 is 0 Å². The Labute approximate surface area is 142 Å². The molecule has 1 saturated heterocycles. The van der Waals surface area contributed by atoms with Gasteiger partial charge in [-0.25, -0.2) is 0 Å². The largest absolute Gasteiger partial charge is 0.454 e. The quantitative estimate of drug-likeness (QED) is 0.898. The first-order chi connectivity index (χ1) is 11.7. The number of nitrogens with one attached hydrogen (secondary N) is 1. The Morgan fingerprint density at radius 1 is 1.21 bits per heavy atom. The van der Waals surface area contributed by atoms with E-state index in [2.05, 4.69) is 12.2 Å². The lowest BCUT2D eigenvalue weighted by Gasteiger charge is -2.32. The standard InChI is InChI=1S/C18H24N2O4/c1-2-3-4-17(21)20-9-7-14(8-10-20)19-18(22)13-5-6-15-16(11-13)24-12-23-15/h5-6,11,14H,2-4,7-10,12H2,1H3,(H,19,22). The van der Waals surface area contributed by atoms with Gasteiger partial charge in [-0.2, -0.15) is 0 Å². The van der Waals surface area contributed by atoms with Gasteiger partial charge >= 0.3 is 0 Å². The molecule has 3 rings (SSSR count). The molecule has 130 valence electrons. The average Bonchev–Trinajstić information content (AvgIpc) is 3.08. The van der Waals surface area contributed by atoms with Crippen LogP contribution in [-0.4, -0.2) is 42.6 Å². The van der Waals surface area contributed by atoms with Crippen LogP contribution in [0.25, 0.3) is 0 Å². The second-order valence-electron chi connectivity index (χ2n) is 6.30. The van der Waals surface area contributed by atoms with Gasteiger partial charge in [0.1, 0.15) is 0 Å². The van der Waals surface area contributed by atoms with Gasteiger partial charge in [0.2, 0.25) is 12.7 Å². The number of fused-ring (bicyclic) bond motifs is 1. The third-order valence-electron chi connectivity index (χ3n) is 4.56. The van der Waals surface area contributed by atoms with Gasteiger partial charge < -0.3 is 19.7 Å². The Morgan fingerprint density at radius 3 is 2.71 bits per heavy atom. The lowest BCUT2D eigenvalue weighted by molar-refractivity contribution is -0.132. The van der Waals surface area contributed by atoms with E-state index < -0.39 is 0 Å². The summed E-state index contributed by atoms with van der Waals surface area (Å²) in [6.07, 6.45) is 4.21. The molecule has 6 heteroatoms. The predicted molar refractivity (Wildman–Crippen MR) is 89.2 cm³/mol. The van der Waals surface area contributed by atoms with Crippen molar-refractivity contribution in [3.63, 3.8) is 0 Å². The number of rotatable bonds is 5. The molecule has 2 aliphatic rings. The van der Waals surface area contributed by atoms with Crippen LogP contribution in [0, 0.1) is 0 Å². The maximum absolute atomic E-state index is 12.4. The van der Waals surface area contributed by atoms with Gasteiger partial charge in [0, 0.05) is 31.1 Å². The first kappa shape index (κ1) is 16.6. The lowest BCUT2D eigenvalue weighted by Crippen LogP contribution is -2.46. The van der Waals surface area contributed by atoms with Crippen molar-refractivity contribution in [2.24, 2.45) is 0 Å². The molecular formula is C18H24N2O4. The van der Waals surface area contributed by atoms with E-state index in [9.17, 15) is 9.59 Å². The third-order valence-corrected chi connectivity index (χ3v) is 4.56. The van der Waals surface area contributed by atoms with Crippen LogP contribution >= 0.6 is 0 Å². The molecule has 0 bridgehead atoms. The van der Waals surface area contributed by atoms with Crippen LogP contribution in [0.4, 0.5) is 0 Å². The fourth-order valence-electron chi connectivity index (χ4n) is 3.07. The van der Waals surface area contributed by atoms with Crippen molar-refractivity contribution < 1.29 is 19.1 Å². The Bertz CT molecular complexity index is 609. The third kappa shape index (κ3) is 3.80. The number of likely N-dealkylation sites (tertiary alicyclic amines) is 1.